The van der Waals surface area contributed by atoms with Crippen molar-refractivity contribution >= 4 is 11.9 Å². The van der Waals surface area contributed by atoms with Crippen LogP contribution in [0.2, 0.25) is 0 Å². The predicted molar refractivity (Wildman–Crippen MR) is 56.4 cm³/mol. The molecular formula is C11H17NO3. The van der Waals surface area contributed by atoms with Crippen molar-refractivity contribution < 1.29 is 14.7 Å². The number of likely N-dealkylation sites (tertiary alicyclic amines) is 1. The fourth-order valence-corrected chi connectivity index (χ4v) is 1.95. The van der Waals surface area contributed by atoms with Crippen molar-refractivity contribution in [1.29, 1.82) is 0 Å². The fourth-order valence-electron chi connectivity index (χ4n) is 1.95. The highest BCUT2D eigenvalue weighted by atomic mass is 16.4. The molecule has 1 atom stereocenters. The molecule has 0 radical (unpaired) electrons. The zero-order valence-electron chi connectivity index (χ0n) is 9.03. The summed E-state index contributed by atoms with van der Waals surface area (Å²) in [4.78, 5) is 24.3. The van der Waals surface area contributed by atoms with Crippen LogP contribution in [0.5, 0.6) is 0 Å². The van der Waals surface area contributed by atoms with Crippen molar-refractivity contribution in [3.8, 4) is 0 Å². The lowest BCUT2D eigenvalue weighted by Gasteiger charge is -2.31. The molecule has 1 N–H and O–H groups in total. The SMILES string of the molecule is C=CCCC(=O)N1CCCC1(C)C(=O)O. The number of carboxylic acids is 1. The normalized spacial score (nSPS) is 25.3. The van der Waals surface area contributed by atoms with Gasteiger partial charge in [0, 0.05) is 13.0 Å². The molecule has 1 fully saturated rings. The van der Waals surface area contributed by atoms with E-state index >= 15 is 0 Å². The first-order valence-corrected chi connectivity index (χ1v) is 5.17. The number of amides is 1. The minimum Gasteiger partial charge on any atom is -0.480 e. The maximum atomic E-state index is 11.7. The van der Waals surface area contributed by atoms with Crippen molar-refractivity contribution in [1.82, 2.24) is 4.90 Å². The van der Waals surface area contributed by atoms with Crippen LogP contribution < -0.4 is 0 Å². The molecule has 0 aliphatic carbocycles. The number of carbonyl (C=O) groups excluding carboxylic acids is 1. The molecule has 1 aliphatic rings. The van der Waals surface area contributed by atoms with E-state index in [9.17, 15) is 9.59 Å². The van der Waals surface area contributed by atoms with Crippen LogP contribution in [-0.4, -0.2) is 34.0 Å². The van der Waals surface area contributed by atoms with Gasteiger partial charge >= 0.3 is 5.97 Å². The second-order valence-corrected chi connectivity index (χ2v) is 4.06. The molecule has 84 valence electrons. The quantitative estimate of drug-likeness (QED) is 0.715. The highest BCUT2D eigenvalue weighted by Crippen LogP contribution is 2.29. The number of allylic oxidation sites excluding steroid dienone is 1. The van der Waals surface area contributed by atoms with Crippen LogP contribution >= 0.6 is 0 Å². The number of carboxylic acid groups (broad SMARTS) is 1. The van der Waals surface area contributed by atoms with Crippen molar-refractivity contribution in [3.05, 3.63) is 12.7 Å². The summed E-state index contributed by atoms with van der Waals surface area (Å²) in [6.07, 6.45) is 3.94. The van der Waals surface area contributed by atoms with Crippen LogP contribution in [0, 0.1) is 0 Å². The van der Waals surface area contributed by atoms with E-state index in [2.05, 4.69) is 6.58 Å². The van der Waals surface area contributed by atoms with Gasteiger partial charge in [0.1, 0.15) is 5.54 Å². The zero-order valence-corrected chi connectivity index (χ0v) is 9.03. The van der Waals surface area contributed by atoms with Crippen LogP contribution in [0.1, 0.15) is 32.6 Å². The molecule has 1 heterocycles. The first-order valence-electron chi connectivity index (χ1n) is 5.17. The molecule has 0 saturated carbocycles. The molecule has 1 amide bonds. The van der Waals surface area contributed by atoms with E-state index in [1.165, 1.54) is 4.90 Å². The minimum atomic E-state index is -1.00. The van der Waals surface area contributed by atoms with Crippen LogP contribution in [-0.2, 0) is 9.59 Å². The Hall–Kier alpha value is -1.32. The molecule has 0 bridgehead atoms. The third kappa shape index (κ3) is 2.19. The molecule has 0 aromatic rings. The molecule has 4 nitrogen and oxygen atoms in total. The smallest absolute Gasteiger partial charge is 0.329 e. The monoisotopic (exact) mass is 211 g/mol. The first-order chi connectivity index (χ1) is 7.02. The first kappa shape index (κ1) is 11.8. The van der Waals surface area contributed by atoms with Crippen LogP contribution in [0.3, 0.4) is 0 Å². The van der Waals surface area contributed by atoms with Crippen LogP contribution in [0.25, 0.3) is 0 Å². The van der Waals surface area contributed by atoms with E-state index in [4.69, 9.17) is 5.11 Å². The summed E-state index contributed by atoms with van der Waals surface area (Å²) >= 11 is 0. The topological polar surface area (TPSA) is 57.6 Å². The minimum absolute atomic E-state index is 0.0858. The Labute approximate surface area is 89.6 Å². The molecule has 1 saturated heterocycles. The van der Waals surface area contributed by atoms with Crippen LogP contribution in [0.4, 0.5) is 0 Å². The van der Waals surface area contributed by atoms with Gasteiger partial charge in [-0.2, -0.15) is 0 Å². The van der Waals surface area contributed by atoms with E-state index in [-0.39, 0.29) is 5.91 Å². The van der Waals surface area contributed by atoms with Gasteiger partial charge in [-0.15, -0.1) is 6.58 Å². The lowest BCUT2D eigenvalue weighted by Crippen LogP contribution is -2.50. The van der Waals surface area contributed by atoms with E-state index < -0.39 is 11.5 Å². The third-order valence-electron chi connectivity index (χ3n) is 2.97. The summed E-state index contributed by atoms with van der Waals surface area (Å²) in [5.41, 5.74) is -1.00. The molecule has 0 spiro atoms. The number of aliphatic carboxylic acids is 1. The third-order valence-corrected chi connectivity index (χ3v) is 2.97. The largest absolute Gasteiger partial charge is 0.480 e. The average molecular weight is 211 g/mol. The van der Waals surface area contributed by atoms with Gasteiger partial charge in [-0.1, -0.05) is 6.08 Å². The van der Waals surface area contributed by atoms with E-state index in [1.54, 1.807) is 13.0 Å². The molecule has 1 aliphatic heterocycles. The van der Waals surface area contributed by atoms with Crippen molar-refractivity contribution in [2.75, 3.05) is 6.54 Å². The van der Waals surface area contributed by atoms with Gasteiger partial charge in [0.25, 0.3) is 0 Å². The molecule has 0 aromatic carbocycles. The lowest BCUT2D eigenvalue weighted by atomic mass is 9.99. The Balaban J connectivity index is 2.72. The summed E-state index contributed by atoms with van der Waals surface area (Å²) in [5, 5.41) is 9.10. The highest BCUT2D eigenvalue weighted by molar-refractivity contribution is 5.87. The molecule has 4 heteroatoms. The van der Waals surface area contributed by atoms with Gasteiger partial charge < -0.3 is 10.0 Å². The van der Waals surface area contributed by atoms with Crippen molar-refractivity contribution in [2.45, 2.75) is 38.1 Å². The van der Waals surface area contributed by atoms with Gasteiger partial charge in [0.05, 0.1) is 0 Å². The Bertz CT molecular complexity index is 288. The van der Waals surface area contributed by atoms with Gasteiger partial charge in [-0.3, -0.25) is 4.79 Å². The lowest BCUT2D eigenvalue weighted by molar-refractivity contribution is -0.155. The second-order valence-electron chi connectivity index (χ2n) is 4.06. The highest BCUT2D eigenvalue weighted by Gasteiger charge is 2.45. The maximum Gasteiger partial charge on any atom is 0.329 e. The van der Waals surface area contributed by atoms with Gasteiger partial charge in [0.2, 0.25) is 5.91 Å². The van der Waals surface area contributed by atoms with E-state index in [0.717, 1.165) is 6.42 Å². The van der Waals surface area contributed by atoms with Crippen LogP contribution in [0.15, 0.2) is 12.7 Å². The fraction of sp³-hybridized carbons (Fsp3) is 0.636. The summed E-state index contributed by atoms with van der Waals surface area (Å²) < 4.78 is 0. The predicted octanol–water partition coefficient (Wildman–Crippen LogP) is 1.42. The van der Waals surface area contributed by atoms with Crippen molar-refractivity contribution in [3.63, 3.8) is 0 Å². The molecular weight excluding hydrogens is 194 g/mol. The number of hydrogen-bond acceptors (Lipinski definition) is 2. The number of carbonyl (C=O) groups is 2. The Kier molecular flexibility index (Phi) is 3.50. The maximum absolute atomic E-state index is 11.7. The summed E-state index contributed by atoms with van der Waals surface area (Å²) in [7, 11) is 0. The van der Waals surface area contributed by atoms with Gasteiger partial charge in [0.15, 0.2) is 0 Å². The van der Waals surface area contributed by atoms with Gasteiger partial charge in [-0.25, -0.2) is 4.79 Å². The standard InChI is InChI=1S/C11H17NO3/c1-3-4-6-9(13)12-8-5-7-11(12,2)10(14)15/h3H,1,4-8H2,2H3,(H,14,15). The Morgan fingerprint density at radius 1 is 1.60 bits per heavy atom. The van der Waals surface area contributed by atoms with Gasteiger partial charge in [-0.05, 0) is 26.2 Å². The summed E-state index contributed by atoms with van der Waals surface area (Å²) in [6.45, 7) is 5.72. The average Bonchev–Trinajstić information content (AvgIpc) is 2.58. The van der Waals surface area contributed by atoms with E-state index in [1.807, 2.05) is 0 Å². The number of hydrogen-bond donors (Lipinski definition) is 1. The molecule has 1 unspecified atom stereocenters. The molecule has 1 rings (SSSR count). The zero-order chi connectivity index (χ0) is 11.5. The number of rotatable bonds is 4. The molecule has 0 aromatic heterocycles. The second kappa shape index (κ2) is 4.47. The Morgan fingerprint density at radius 3 is 2.80 bits per heavy atom. The number of nitrogens with zero attached hydrogens (tertiary/aromatic N) is 1. The van der Waals surface area contributed by atoms with E-state index in [0.29, 0.717) is 25.8 Å². The summed E-state index contributed by atoms with van der Waals surface area (Å²) in [5.74, 6) is -0.996. The Morgan fingerprint density at radius 2 is 2.27 bits per heavy atom. The molecule has 15 heavy (non-hydrogen) atoms. The van der Waals surface area contributed by atoms with Crippen molar-refractivity contribution in [2.24, 2.45) is 0 Å². The summed E-state index contributed by atoms with van der Waals surface area (Å²) in [6, 6.07) is 0.